The van der Waals surface area contributed by atoms with E-state index in [9.17, 15) is 23.1 Å². The molecule has 1 N–H and O–H groups in total. The number of halogens is 3. The molecule has 2 aromatic rings. The van der Waals surface area contributed by atoms with Gasteiger partial charge in [-0.25, -0.2) is 0 Å². The number of nitrogens with zero attached hydrogens (tertiary/aromatic N) is 1. The molecule has 0 atom stereocenters. The van der Waals surface area contributed by atoms with E-state index in [-0.39, 0.29) is 17.9 Å². The Morgan fingerprint density at radius 2 is 1.77 bits per heavy atom. The summed E-state index contributed by atoms with van der Waals surface area (Å²) in [6.45, 7) is 0. The van der Waals surface area contributed by atoms with Gasteiger partial charge in [-0.2, -0.15) is 0 Å². The molecular formula is C19H20F3NO3. The number of carbonyl (C=O) groups excluding carboxylic acids is 1. The fourth-order valence-corrected chi connectivity index (χ4v) is 3.60. The van der Waals surface area contributed by atoms with Gasteiger partial charge in [0.25, 0.3) is 0 Å². The van der Waals surface area contributed by atoms with E-state index in [0.29, 0.717) is 31.2 Å². The standard InChI is InChI=1S/C19H20F3NO3/c20-19(21,22)26-15-8-6-7-14(13-16(24)23-11-4-5-12-23)17(15)18(25)9-2-1-3-10-18/h4-8,11-12,25H,1-3,9-10,13H2. The van der Waals surface area contributed by atoms with Crippen LogP contribution in [0.25, 0.3) is 0 Å². The highest BCUT2D eigenvalue weighted by atomic mass is 19.4. The molecule has 1 aromatic carbocycles. The van der Waals surface area contributed by atoms with Crippen LogP contribution in [-0.4, -0.2) is 21.9 Å². The van der Waals surface area contributed by atoms with E-state index in [1.165, 1.54) is 16.7 Å². The van der Waals surface area contributed by atoms with Crippen LogP contribution in [0, 0.1) is 0 Å². The van der Waals surface area contributed by atoms with Crippen molar-refractivity contribution >= 4 is 5.91 Å². The van der Waals surface area contributed by atoms with Crippen LogP contribution >= 0.6 is 0 Å². The first kappa shape index (κ1) is 18.5. The highest BCUT2D eigenvalue weighted by Crippen LogP contribution is 2.44. The highest BCUT2D eigenvalue weighted by Gasteiger charge is 2.40. The van der Waals surface area contributed by atoms with Crippen molar-refractivity contribution in [1.82, 2.24) is 4.57 Å². The number of ether oxygens (including phenoxy) is 1. The zero-order valence-corrected chi connectivity index (χ0v) is 14.1. The first-order valence-electron chi connectivity index (χ1n) is 8.55. The van der Waals surface area contributed by atoms with Gasteiger partial charge < -0.3 is 9.84 Å². The largest absolute Gasteiger partial charge is 0.573 e. The number of benzene rings is 1. The van der Waals surface area contributed by atoms with E-state index in [1.54, 1.807) is 30.6 Å². The van der Waals surface area contributed by atoms with Gasteiger partial charge in [-0.1, -0.05) is 31.4 Å². The van der Waals surface area contributed by atoms with Crippen molar-refractivity contribution < 1.29 is 27.8 Å². The smallest absolute Gasteiger partial charge is 0.405 e. The van der Waals surface area contributed by atoms with Crippen LogP contribution < -0.4 is 4.74 Å². The monoisotopic (exact) mass is 367 g/mol. The Hall–Kier alpha value is -2.28. The number of rotatable bonds is 4. The summed E-state index contributed by atoms with van der Waals surface area (Å²) in [5, 5.41) is 11.1. The van der Waals surface area contributed by atoms with Gasteiger partial charge in [0.2, 0.25) is 5.91 Å². The van der Waals surface area contributed by atoms with E-state index in [0.717, 1.165) is 6.42 Å². The maximum atomic E-state index is 12.9. The lowest BCUT2D eigenvalue weighted by Crippen LogP contribution is -2.32. The molecule has 0 unspecified atom stereocenters. The lowest BCUT2D eigenvalue weighted by molar-refractivity contribution is -0.275. The number of alkyl halides is 3. The van der Waals surface area contributed by atoms with Crippen molar-refractivity contribution in [2.24, 2.45) is 0 Å². The maximum absolute atomic E-state index is 12.9. The second-order valence-corrected chi connectivity index (χ2v) is 6.59. The minimum atomic E-state index is -4.87. The van der Waals surface area contributed by atoms with Crippen molar-refractivity contribution in [3.63, 3.8) is 0 Å². The molecule has 0 bridgehead atoms. The molecular weight excluding hydrogens is 347 g/mol. The summed E-state index contributed by atoms with van der Waals surface area (Å²) < 4.78 is 44.1. The van der Waals surface area contributed by atoms with Gasteiger partial charge in [0, 0.05) is 18.0 Å². The summed E-state index contributed by atoms with van der Waals surface area (Å²) in [7, 11) is 0. The lowest BCUT2D eigenvalue weighted by Gasteiger charge is -2.35. The Morgan fingerprint density at radius 3 is 2.38 bits per heavy atom. The first-order valence-corrected chi connectivity index (χ1v) is 8.55. The van der Waals surface area contributed by atoms with Gasteiger partial charge in [0.05, 0.1) is 12.0 Å². The van der Waals surface area contributed by atoms with E-state index < -0.39 is 17.7 Å². The number of hydrogen-bond acceptors (Lipinski definition) is 3. The second kappa shape index (κ2) is 7.15. The lowest BCUT2D eigenvalue weighted by atomic mass is 9.77. The molecule has 1 saturated carbocycles. The summed E-state index contributed by atoms with van der Waals surface area (Å²) in [6.07, 6.45) is 1.18. The SMILES string of the molecule is O=C(Cc1cccc(OC(F)(F)F)c1C1(O)CCCCC1)n1cccc1. The number of carbonyl (C=O) groups is 1. The van der Waals surface area contributed by atoms with Gasteiger partial charge in [0.15, 0.2) is 0 Å². The van der Waals surface area contributed by atoms with E-state index in [1.807, 2.05) is 0 Å². The zero-order valence-electron chi connectivity index (χ0n) is 14.1. The van der Waals surface area contributed by atoms with Crippen LogP contribution in [0.4, 0.5) is 13.2 Å². The average Bonchev–Trinajstić information content (AvgIpc) is 3.08. The van der Waals surface area contributed by atoms with Crippen LogP contribution in [0.5, 0.6) is 5.75 Å². The van der Waals surface area contributed by atoms with Crippen LogP contribution in [0.3, 0.4) is 0 Å². The fourth-order valence-electron chi connectivity index (χ4n) is 3.60. The molecule has 0 spiro atoms. The second-order valence-electron chi connectivity index (χ2n) is 6.59. The average molecular weight is 367 g/mol. The molecule has 7 heteroatoms. The Balaban J connectivity index is 2.02. The molecule has 3 rings (SSSR count). The van der Waals surface area contributed by atoms with Gasteiger partial charge in [-0.3, -0.25) is 9.36 Å². The van der Waals surface area contributed by atoms with Crippen LogP contribution in [0.15, 0.2) is 42.7 Å². The van der Waals surface area contributed by atoms with Crippen LogP contribution in [0.1, 0.15) is 48.0 Å². The molecule has 0 aliphatic heterocycles. The molecule has 0 saturated heterocycles. The maximum Gasteiger partial charge on any atom is 0.573 e. The summed E-state index contributed by atoms with van der Waals surface area (Å²) in [5.41, 5.74) is -0.987. The van der Waals surface area contributed by atoms with Crippen molar-refractivity contribution in [2.75, 3.05) is 0 Å². The number of hydrogen-bond donors (Lipinski definition) is 1. The summed E-state index contributed by atoms with van der Waals surface area (Å²) in [4.78, 5) is 12.4. The molecule has 26 heavy (non-hydrogen) atoms. The topological polar surface area (TPSA) is 51.5 Å². The summed E-state index contributed by atoms with van der Waals surface area (Å²) >= 11 is 0. The molecule has 1 aliphatic rings. The summed E-state index contributed by atoms with van der Waals surface area (Å²) in [6, 6.07) is 7.56. The Morgan fingerprint density at radius 1 is 1.12 bits per heavy atom. The molecule has 1 aliphatic carbocycles. The van der Waals surface area contributed by atoms with Gasteiger partial charge >= 0.3 is 6.36 Å². The summed E-state index contributed by atoms with van der Waals surface area (Å²) in [5.74, 6) is -0.723. The Kier molecular flexibility index (Phi) is 5.09. The van der Waals surface area contributed by atoms with Crippen LogP contribution in [-0.2, 0) is 12.0 Å². The highest BCUT2D eigenvalue weighted by molar-refractivity contribution is 5.82. The molecule has 0 radical (unpaired) electrons. The van der Waals surface area contributed by atoms with Crippen molar-refractivity contribution in [3.05, 3.63) is 53.9 Å². The number of aromatic nitrogens is 1. The zero-order chi connectivity index (χ0) is 18.8. The molecule has 4 nitrogen and oxygen atoms in total. The Bertz CT molecular complexity index is 763. The quantitative estimate of drug-likeness (QED) is 0.870. The molecule has 1 aromatic heterocycles. The van der Waals surface area contributed by atoms with Gasteiger partial charge in [-0.05, 0) is 36.6 Å². The first-order chi connectivity index (χ1) is 12.3. The van der Waals surface area contributed by atoms with E-state index >= 15 is 0 Å². The van der Waals surface area contributed by atoms with Gasteiger partial charge in [-0.15, -0.1) is 13.2 Å². The van der Waals surface area contributed by atoms with Crippen LogP contribution in [0.2, 0.25) is 0 Å². The normalized spacial score (nSPS) is 17.1. The van der Waals surface area contributed by atoms with Gasteiger partial charge in [0.1, 0.15) is 5.75 Å². The molecule has 1 fully saturated rings. The number of aliphatic hydroxyl groups is 1. The third-order valence-electron chi connectivity index (χ3n) is 4.72. The minimum absolute atomic E-state index is 0.0810. The van der Waals surface area contributed by atoms with E-state index in [2.05, 4.69) is 4.74 Å². The Labute approximate surface area is 149 Å². The predicted molar refractivity (Wildman–Crippen MR) is 88.9 cm³/mol. The fraction of sp³-hybridized carbons (Fsp3) is 0.421. The third-order valence-corrected chi connectivity index (χ3v) is 4.72. The minimum Gasteiger partial charge on any atom is -0.405 e. The van der Waals surface area contributed by atoms with Crippen molar-refractivity contribution in [1.29, 1.82) is 0 Å². The third kappa shape index (κ3) is 4.09. The van der Waals surface area contributed by atoms with E-state index in [4.69, 9.17) is 0 Å². The molecule has 1 heterocycles. The van der Waals surface area contributed by atoms with Crippen molar-refractivity contribution in [3.8, 4) is 5.75 Å². The molecule has 140 valence electrons. The predicted octanol–water partition coefficient (Wildman–Crippen LogP) is 4.42. The van der Waals surface area contributed by atoms with Crippen molar-refractivity contribution in [2.45, 2.75) is 50.5 Å². The molecule has 0 amide bonds.